The van der Waals surface area contributed by atoms with Crippen molar-refractivity contribution in [1.82, 2.24) is 19.6 Å². The second-order valence-electron chi connectivity index (χ2n) is 18.0. The lowest BCUT2D eigenvalue weighted by molar-refractivity contribution is -0.384. The average molecular weight is 991 g/mol. The molecule has 0 atom stereocenters. The average Bonchev–Trinajstić information content (AvgIpc) is 4.16. The van der Waals surface area contributed by atoms with E-state index in [1.165, 1.54) is 103 Å². The predicted octanol–water partition coefficient (Wildman–Crippen LogP) is 11.5. The molecule has 4 aromatic rings. The number of nitrogen functional groups attached to an aromatic ring is 1. The van der Waals surface area contributed by atoms with Crippen molar-refractivity contribution in [3.8, 4) is 35.1 Å². The van der Waals surface area contributed by atoms with E-state index in [1.54, 1.807) is 36.4 Å². The maximum absolute atomic E-state index is 10.5. The number of hydrogen-bond acceptors (Lipinski definition) is 13. The van der Waals surface area contributed by atoms with Crippen molar-refractivity contribution in [3.63, 3.8) is 0 Å². The van der Waals surface area contributed by atoms with Crippen LogP contribution >= 0.6 is 0 Å². The molecule has 2 fully saturated rings. The van der Waals surface area contributed by atoms with Gasteiger partial charge in [-0.2, -0.15) is 10.5 Å². The lowest BCUT2D eigenvalue weighted by Crippen LogP contribution is -2.25. The fourth-order valence-electron chi connectivity index (χ4n) is 8.17. The summed E-state index contributed by atoms with van der Waals surface area (Å²) in [5, 5.41) is 27.9. The number of nitrogens with zero attached hydrogens (tertiary/aromatic N) is 7. The van der Waals surface area contributed by atoms with Crippen LogP contribution in [0.5, 0.6) is 23.0 Å². The fraction of sp³-hybridized carbons (Fsp3) is 0.552. The van der Waals surface area contributed by atoms with Crippen molar-refractivity contribution in [3.05, 3.63) is 118 Å². The van der Waals surface area contributed by atoms with E-state index in [-0.39, 0.29) is 5.69 Å². The minimum atomic E-state index is -0.413. The van der Waals surface area contributed by atoms with Crippen LogP contribution in [0.3, 0.4) is 0 Å². The summed E-state index contributed by atoms with van der Waals surface area (Å²) < 4.78 is 22.5. The zero-order valence-corrected chi connectivity index (χ0v) is 44.2. The molecular formula is C58H86N8O6. The second kappa shape index (κ2) is 38.7. The number of unbranched alkanes of at least 4 members (excludes halogenated alkanes) is 4. The van der Waals surface area contributed by atoms with Crippen LogP contribution in [0.4, 0.5) is 11.4 Å². The number of benzene rings is 4. The number of non-ortho nitro benzene ring substituents is 1. The molecule has 0 unspecified atom stereocenters. The molecule has 394 valence electrons. The standard InChI is InChI=1S/C16H22N2O.C15H24N2O.C14H20N2O.C13H20N2O3/c17-14-15-7-6-8-16(13-15)19-12-5-1-2-9-18-10-3-4-11-18;16-14-6-8-15(9-7-14)18-13-5-1-2-10-17-11-3-4-12-17;1-3-16(4-2)10-5-11-17-14-8-6-13(12-15)7-9-14;1-3-14(4-2)10-5-11-18-13-8-6-12(7-9-13)15(16)17/h6-8,13H,1-5,9-12H2;6-9H,1-5,10-13,16H2;6-9H,3-5,10-11H2,1-2H3;6-9H,3-5,10-11H2,1-2H3. The van der Waals surface area contributed by atoms with E-state index < -0.39 is 4.92 Å². The van der Waals surface area contributed by atoms with Gasteiger partial charge >= 0.3 is 0 Å². The third-order valence-electron chi connectivity index (χ3n) is 12.6. The first-order valence-electron chi connectivity index (χ1n) is 26.7. The first kappa shape index (κ1) is 60.4. The van der Waals surface area contributed by atoms with Gasteiger partial charge in [0.15, 0.2) is 0 Å². The molecule has 0 bridgehead atoms. The number of nitro benzene ring substituents is 1. The summed E-state index contributed by atoms with van der Waals surface area (Å²) in [4.78, 5) is 19.9. The highest BCUT2D eigenvalue weighted by molar-refractivity contribution is 5.41. The summed E-state index contributed by atoms with van der Waals surface area (Å²) in [5.74, 6) is 3.24. The van der Waals surface area contributed by atoms with Gasteiger partial charge < -0.3 is 44.3 Å². The Morgan fingerprint density at radius 1 is 0.528 bits per heavy atom. The van der Waals surface area contributed by atoms with Crippen LogP contribution in [-0.4, -0.2) is 129 Å². The maximum atomic E-state index is 10.5. The van der Waals surface area contributed by atoms with E-state index in [0.29, 0.717) is 23.5 Å². The Bertz CT molecular complexity index is 2060. The molecule has 6 rings (SSSR count). The molecule has 0 radical (unpaired) electrons. The monoisotopic (exact) mass is 991 g/mol. The Labute approximate surface area is 432 Å². The molecule has 2 aliphatic heterocycles. The molecule has 2 heterocycles. The minimum absolute atomic E-state index is 0.0884. The van der Waals surface area contributed by atoms with E-state index in [2.05, 4.69) is 59.4 Å². The minimum Gasteiger partial charge on any atom is -0.494 e. The van der Waals surface area contributed by atoms with E-state index in [1.807, 2.05) is 48.5 Å². The summed E-state index contributed by atoms with van der Waals surface area (Å²) >= 11 is 0. The molecule has 4 aromatic carbocycles. The van der Waals surface area contributed by atoms with Crippen LogP contribution in [-0.2, 0) is 0 Å². The summed E-state index contributed by atoms with van der Waals surface area (Å²) in [5.41, 5.74) is 7.82. The van der Waals surface area contributed by atoms with Crippen molar-refractivity contribution >= 4 is 11.4 Å². The summed E-state index contributed by atoms with van der Waals surface area (Å²) in [6.45, 7) is 25.6. The molecule has 2 N–H and O–H groups in total. The lowest BCUT2D eigenvalue weighted by atomic mass is 10.2. The lowest BCUT2D eigenvalue weighted by Gasteiger charge is -2.17. The summed E-state index contributed by atoms with van der Waals surface area (Å²) in [7, 11) is 0. The van der Waals surface area contributed by atoms with Gasteiger partial charge in [0.2, 0.25) is 0 Å². The van der Waals surface area contributed by atoms with E-state index in [4.69, 9.17) is 35.2 Å². The molecule has 0 aliphatic carbocycles. The Morgan fingerprint density at radius 3 is 1.35 bits per heavy atom. The highest BCUT2D eigenvalue weighted by Crippen LogP contribution is 2.19. The van der Waals surface area contributed by atoms with Crippen LogP contribution in [0.2, 0.25) is 0 Å². The van der Waals surface area contributed by atoms with Gasteiger partial charge in [0.05, 0.1) is 54.6 Å². The molecule has 0 spiro atoms. The van der Waals surface area contributed by atoms with Crippen LogP contribution in [0, 0.1) is 32.8 Å². The molecule has 0 saturated carbocycles. The maximum Gasteiger partial charge on any atom is 0.269 e. The third kappa shape index (κ3) is 27.6. The highest BCUT2D eigenvalue weighted by atomic mass is 16.6. The first-order chi connectivity index (χ1) is 35.2. The number of rotatable bonds is 29. The number of likely N-dealkylation sites (tertiary alicyclic amines) is 2. The largest absolute Gasteiger partial charge is 0.494 e. The molecule has 2 saturated heterocycles. The zero-order valence-electron chi connectivity index (χ0n) is 44.2. The molecule has 0 amide bonds. The van der Waals surface area contributed by atoms with Gasteiger partial charge in [0, 0.05) is 30.9 Å². The smallest absolute Gasteiger partial charge is 0.269 e. The van der Waals surface area contributed by atoms with Crippen molar-refractivity contribution in [2.24, 2.45) is 0 Å². The Hall–Kier alpha value is -5.90. The zero-order chi connectivity index (χ0) is 51.9. The van der Waals surface area contributed by atoms with Gasteiger partial charge in [-0.25, -0.2) is 0 Å². The molecule has 14 heteroatoms. The van der Waals surface area contributed by atoms with E-state index in [0.717, 1.165) is 108 Å². The molecular weight excluding hydrogens is 905 g/mol. The Kier molecular flexibility index (Phi) is 32.5. The van der Waals surface area contributed by atoms with Crippen molar-refractivity contribution < 1.29 is 23.9 Å². The molecule has 72 heavy (non-hydrogen) atoms. The number of nitro groups is 1. The topological polar surface area (TPSA) is 167 Å². The van der Waals surface area contributed by atoms with Crippen molar-refractivity contribution in [2.75, 3.05) is 111 Å². The SMILES string of the molecule is CCN(CC)CCCOc1ccc(C#N)cc1.CCN(CC)CCCOc1ccc([N+](=O)[O-])cc1.N#Cc1cccc(OCCCCCN2CCCC2)c1.Nc1ccc(OCCCCCN2CCCC2)cc1. The van der Waals surface area contributed by atoms with Gasteiger partial charge in [-0.3, -0.25) is 10.1 Å². The number of anilines is 1. The van der Waals surface area contributed by atoms with Crippen LogP contribution in [0.15, 0.2) is 97.1 Å². The Balaban J connectivity index is 0.000000254. The third-order valence-corrected chi connectivity index (χ3v) is 12.6. The van der Waals surface area contributed by atoms with Gasteiger partial charge in [-0.05, 0) is 221 Å². The van der Waals surface area contributed by atoms with Crippen molar-refractivity contribution in [2.45, 2.75) is 105 Å². The van der Waals surface area contributed by atoms with Crippen LogP contribution < -0.4 is 24.7 Å². The number of hydrogen-bond donors (Lipinski definition) is 1. The second-order valence-corrected chi connectivity index (χ2v) is 18.0. The molecule has 14 nitrogen and oxygen atoms in total. The normalized spacial score (nSPS) is 13.1. The summed E-state index contributed by atoms with van der Waals surface area (Å²) in [6.07, 6.45) is 14.8. The van der Waals surface area contributed by atoms with Crippen molar-refractivity contribution in [1.29, 1.82) is 10.5 Å². The predicted molar refractivity (Wildman–Crippen MR) is 292 cm³/mol. The van der Waals surface area contributed by atoms with Gasteiger partial charge in [0.25, 0.3) is 5.69 Å². The fourth-order valence-corrected chi connectivity index (χ4v) is 8.17. The number of ether oxygens (including phenoxy) is 4. The van der Waals surface area contributed by atoms with E-state index >= 15 is 0 Å². The van der Waals surface area contributed by atoms with Crippen LogP contribution in [0.1, 0.15) is 116 Å². The Morgan fingerprint density at radius 2 is 0.931 bits per heavy atom. The number of nitriles is 2. The first-order valence-corrected chi connectivity index (χ1v) is 26.7. The van der Waals surface area contributed by atoms with Gasteiger partial charge in [-0.1, -0.05) is 33.8 Å². The van der Waals surface area contributed by atoms with E-state index in [9.17, 15) is 10.1 Å². The quantitative estimate of drug-likeness (QED) is 0.0236. The summed E-state index contributed by atoms with van der Waals surface area (Å²) in [6, 6.07) is 32.6. The molecule has 2 aliphatic rings. The van der Waals surface area contributed by atoms with Gasteiger partial charge in [0.1, 0.15) is 23.0 Å². The van der Waals surface area contributed by atoms with Crippen LogP contribution in [0.25, 0.3) is 0 Å². The molecule has 0 aromatic heterocycles. The number of nitrogens with two attached hydrogens (primary N) is 1. The highest BCUT2D eigenvalue weighted by Gasteiger charge is 2.11. The van der Waals surface area contributed by atoms with Gasteiger partial charge in [-0.15, -0.1) is 0 Å².